The summed E-state index contributed by atoms with van der Waals surface area (Å²) in [5.74, 6) is 0. The molecule has 0 spiro atoms. The highest BCUT2D eigenvalue weighted by molar-refractivity contribution is 4.69. The van der Waals surface area contributed by atoms with Gasteiger partial charge in [0.2, 0.25) is 0 Å². The molecule has 19 heavy (non-hydrogen) atoms. The molecule has 0 aliphatic rings. The van der Waals surface area contributed by atoms with Crippen LogP contribution in [0.15, 0.2) is 0 Å². The summed E-state index contributed by atoms with van der Waals surface area (Å²) in [4.78, 5) is 7.28. The van der Waals surface area contributed by atoms with Crippen LogP contribution < -0.4 is 0 Å². The second-order valence-corrected chi connectivity index (χ2v) is 6.39. The van der Waals surface area contributed by atoms with E-state index in [0.29, 0.717) is 12.1 Å². The van der Waals surface area contributed by atoms with Crippen molar-refractivity contribution < 1.29 is 0 Å². The minimum atomic E-state index is 0.676. The Morgan fingerprint density at radius 2 is 1.21 bits per heavy atom. The normalized spacial score (nSPS) is 15.5. The van der Waals surface area contributed by atoms with Crippen molar-refractivity contribution >= 4 is 0 Å². The van der Waals surface area contributed by atoms with Crippen LogP contribution in [0, 0.1) is 0 Å². The van der Waals surface area contributed by atoms with E-state index in [-0.39, 0.29) is 0 Å². The molecule has 0 saturated heterocycles. The van der Waals surface area contributed by atoms with E-state index < -0.39 is 0 Å². The van der Waals surface area contributed by atoms with Crippen LogP contribution in [0.2, 0.25) is 0 Å². The maximum Gasteiger partial charge on any atom is 0.00760 e. The molecule has 3 nitrogen and oxygen atoms in total. The molecular formula is C16H37N3. The van der Waals surface area contributed by atoms with Gasteiger partial charge >= 0.3 is 0 Å². The van der Waals surface area contributed by atoms with Crippen molar-refractivity contribution in [3.63, 3.8) is 0 Å². The first kappa shape index (κ1) is 18.9. The number of rotatable bonds is 11. The van der Waals surface area contributed by atoms with Crippen molar-refractivity contribution in [2.24, 2.45) is 0 Å². The number of hydrogen-bond donors (Lipinski definition) is 0. The molecule has 0 bridgehead atoms. The van der Waals surface area contributed by atoms with Crippen molar-refractivity contribution in [3.05, 3.63) is 0 Å². The van der Waals surface area contributed by atoms with Gasteiger partial charge in [0.15, 0.2) is 0 Å². The summed E-state index contributed by atoms with van der Waals surface area (Å²) in [7, 11) is 8.82. The SMILES string of the molecule is CCCCN(C)C(C)CCN(C)C(C)CCN(C)C. The van der Waals surface area contributed by atoms with Crippen LogP contribution in [0.4, 0.5) is 0 Å². The van der Waals surface area contributed by atoms with Gasteiger partial charge in [-0.1, -0.05) is 13.3 Å². The van der Waals surface area contributed by atoms with Gasteiger partial charge in [-0.05, 0) is 80.9 Å². The third-order valence-corrected chi connectivity index (χ3v) is 4.26. The monoisotopic (exact) mass is 271 g/mol. The van der Waals surface area contributed by atoms with Crippen LogP contribution in [0.3, 0.4) is 0 Å². The van der Waals surface area contributed by atoms with E-state index in [1.165, 1.54) is 45.3 Å². The van der Waals surface area contributed by atoms with Crippen molar-refractivity contribution in [2.45, 2.75) is 58.5 Å². The van der Waals surface area contributed by atoms with E-state index in [2.05, 4.69) is 63.7 Å². The van der Waals surface area contributed by atoms with Crippen molar-refractivity contribution in [1.82, 2.24) is 14.7 Å². The summed E-state index contributed by atoms with van der Waals surface area (Å²) in [5.41, 5.74) is 0. The maximum absolute atomic E-state index is 2.51. The first-order valence-corrected chi connectivity index (χ1v) is 7.93. The van der Waals surface area contributed by atoms with Crippen LogP contribution in [-0.4, -0.2) is 74.6 Å². The summed E-state index contributed by atoms with van der Waals surface area (Å²) < 4.78 is 0. The lowest BCUT2D eigenvalue weighted by Crippen LogP contribution is -2.37. The van der Waals surface area contributed by atoms with Gasteiger partial charge in [-0.2, -0.15) is 0 Å². The highest BCUT2D eigenvalue weighted by atomic mass is 15.2. The molecule has 0 aromatic heterocycles. The summed E-state index contributed by atoms with van der Waals surface area (Å²) >= 11 is 0. The molecule has 0 rings (SSSR count). The van der Waals surface area contributed by atoms with E-state index in [4.69, 9.17) is 0 Å². The topological polar surface area (TPSA) is 9.72 Å². The molecular weight excluding hydrogens is 234 g/mol. The van der Waals surface area contributed by atoms with E-state index >= 15 is 0 Å². The zero-order chi connectivity index (χ0) is 14.8. The predicted octanol–water partition coefficient (Wildman–Crippen LogP) is 2.77. The minimum absolute atomic E-state index is 0.676. The maximum atomic E-state index is 2.51. The Morgan fingerprint density at radius 3 is 1.68 bits per heavy atom. The third-order valence-electron chi connectivity index (χ3n) is 4.26. The zero-order valence-electron chi connectivity index (χ0n) is 14.4. The lowest BCUT2D eigenvalue weighted by molar-refractivity contribution is 0.184. The molecule has 2 atom stereocenters. The highest BCUT2D eigenvalue weighted by Crippen LogP contribution is 2.07. The van der Waals surface area contributed by atoms with Crippen LogP contribution >= 0.6 is 0 Å². The second kappa shape index (κ2) is 10.6. The highest BCUT2D eigenvalue weighted by Gasteiger charge is 2.13. The van der Waals surface area contributed by atoms with Gasteiger partial charge in [-0.3, -0.25) is 0 Å². The molecule has 0 aromatic carbocycles. The largest absolute Gasteiger partial charge is 0.309 e. The molecule has 0 aromatic rings. The second-order valence-electron chi connectivity index (χ2n) is 6.39. The Balaban J connectivity index is 3.83. The molecule has 0 aliphatic carbocycles. The molecule has 0 heterocycles. The average Bonchev–Trinajstić information content (AvgIpc) is 2.38. The number of nitrogens with zero attached hydrogens (tertiary/aromatic N) is 3. The Morgan fingerprint density at radius 1 is 0.737 bits per heavy atom. The fraction of sp³-hybridized carbons (Fsp3) is 1.00. The smallest absolute Gasteiger partial charge is 0.00760 e. The van der Waals surface area contributed by atoms with Gasteiger partial charge in [0.1, 0.15) is 0 Å². The molecule has 116 valence electrons. The molecule has 3 heteroatoms. The quantitative estimate of drug-likeness (QED) is 0.572. The van der Waals surface area contributed by atoms with E-state index in [1.54, 1.807) is 0 Å². The lowest BCUT2D eigenvalue weighted by atomic mass is 10.1. The minimum Gasteiger partial charge on any atom is -0.309 e. The Kier molecular flexibility index (Phi) is 10.6. The summed E-state index contributed by atoms with van der Waals surface area (Å²) in [5, 5.41) is 0. The molecule has 0 radical (unpaired) electrons. The number of hydrogen-bond acceptors (Lipinski definition) is 3. The first-order valence-electron chi connectivity index (χ1n) is 7.93. The molecule has 0 N–H and O–H groups in total. The van der Waals surface area contributed by atoms with Gasteiger partial charge in [0.05, 0.1) is 0 Å². The summed E-state index contributed by atoms with van der Waals surface area (Å²) in [6, 6.07) is 1.37. The van der Waals surface area contributed by atoms with Gasteiger partial charge in [0, 0.05) is 12.1 Å². The zero-order valence-corrected chi connectivity index (χ0v) is 14.4. The predicted molar refractivity (Wildman–Crippen MR) is 86.9 cm³/mol. The fourth-order valence-electron chi connectivity index (χ4n) is 2.12. The van der Waals surface area contributed by atoms with E-state index in [0.717, 1.165) is 0 Å². The Labute approximate surface area is 121 Å². The molecule has 2 unspecified atom stereocenters. The summed E-state index contributed by atoms with van der Waals surface area (Å²) in [6.45, 7) is 10.6. The van der Waals surface area contributed by atoms with Crippen LogP contribution in [-0.2, 0) is 0 Å². The third kappa shape index (κ3) is 9.42. The molecule has 0 fully saturated rings. The van der Waals surface area contributed by atoms with Crippen molar-refractivity contribution in [2.75, 3.05) is 47.8 Å². The van der Waals surface area contributed by atoms with Crippen LogP contribution in [0.25, 0.3) is 0 Å². The lowest BCUT2D eigenvalue weighted by Gasteiger charge is -2.30. The van der Waals surface area contributed by atoms with Crippen LogP contribution in [0.5, 0.6) is 0 Å². The van der Waals surface area contributed by atoms with Gasteiger partial charge in [-0.25, -0.2) is 0 Å². The van der Waals surface area contributed by atoms with Gasteiger partial charge in [0.25, 0.3) is 0 Å². The first-order chi connectivity index (χ1) is 8.88. The van der Waals surface area contributed by atoms with Gasteiger partial charge in [-0.15, -0.1) is 0 Å². The van der Waals surface area contributed by atoms with Crippen molar-refractivity contribution in [3.8, 4) is 0 Å². The summed E-state index contributed by atoms with van der Waals surface area (Å²) in [6.07, 6.45) is 5.13. The average molecular weight is 271 g/mol. The van der Waals surface area contributed by atoms with Gasteiger partial charge < -0.3 is 14.7 Å². The Hall–Kier alpha value is -0.120. The van der Waals surface area contributed by atoms with E-state index in [9.17, 15) is 0 Å². The number of unbranched alkanes of at least 4 members (excludes halogenated alkanes) is 1. The van der Waals surface area contributed by atoms with Crippen molar-refractivity contribution in [1.29, 1.82) is 0 Å². The fourth-order valence-corrected chi connectivity index (χ4v) is 2.12. The standard InChI is InChI=1S/C16H37N3/c1-8-9-12-18(6)16(3)11-14-19(7)15(2)10-13-17(4)5/h15-16H,8-14H2,1-7H3. The molecule has 0 amide bonds. The van der Waals surface area contributed by atoms with E-state index in [1.807, 2.05) is 0 Å². The molecule has 0 saturated carbocycles. The Bertz CT molecular complexity index is 206. The molecule has 0 aliphatic heterocycles. The van der Waals surface area contributed by atoms with Crippen LogP contribution in [0.1, 0.15) is 46.5 Å².